The fourth-order valence-corrected chi connectivity index (χ4v) is 3.35. The summed E-state index contributed by atoms with van der Waals surface area (Å²) in [5, 5.41) is 3.99. The molecule has 0 fully saturated rings. The Hall–Kier alpha value is -3.87. The Balaban J connectivity index is 1.62. The van der Waals surface area contributed by atoms with Crippen LogP contribution < -0.4 is 16.2 Å². The lowest BCUT2D eigenvalue weighted by Gasteiger charge is -2.26. The van der Waals surface area contributed by atoms with Crippen LogP contribution in [0.3, 0.4) is 0 Å². The smallest absolute Gasteiger partial charge is 0.307 e. The van der Waals surface area contributed by atoms with Crippen LogP contribution >= 0.6 is 0 Å². The van der Waals surface area contributed by atoms with Crippen LogP contribution in [-0.4, -0.2) is 29.3 Å². The normalized spacial score (nSPS) is 12.8. The predicted octanol–water partition coefficient (Wildman–Crippen LogP) is 3.60. The molecule has 3 N–H and O–H groups in total. The maximum atomic E-state index is 12.6. The van der Waals surface area contributed by atoms with Crippen molar-refractivity contribution in [3.63, 3.8) is 0 Å². The molecule has 4 amide bonds. The van der Waals surface area contributed by atoms with Crippen LogP contribution in [-0.2, 0) is 0 Å². The number of amides is 4. The number of nitrogens with zero attached hydrogens (tertiary/aromatic N) is 1. The van der Waals surface area contributed by atoms with Gasteiger partial charge in [-0.3, -0.25) is 25.3 Å². The lowest BCUT2D eigenvalue weighted by atomic mass is 9.93. The number of hydrogen-bond acceptors (Lipinski definition) is 4. The Kier molecular flexibility index (Phi) is 4.41. The number of nitrogens with one attached hydrogen (secondary N) is 3. The molecule has 0 atom stereocenters. The summed E-state index contributed by atoms with van der Waals surface area (Å²) in [4.78, 5) is 38.6. The van der Waals surface area contributed by atoms with Crippen LogP contribution in [0.4, 0.5) is 16.2 Å². The van der Waals surface area contributed by atoms with E-state index in [1.165, 1.54) is 4.90 Å². The van der Waals surface area contributed by atoms with Gasteiger partial charge in [0, 0.05) is 34.1 Å². The predicted molar refractivity (Wildman–Crippen MR) is 107 cm³/mol. The standard InChI is InChI=1S/C21H18N4O3/c1-2-25-19(26)15-10-6-9-14-17(12-11-16(18(14)15)20(25)27)23-24-21(28)22-13-7-4-3-5-8-13/h3-12,23H,2H2,1H3,(H2,22,24,28). The molecule has 140 valence electrons. The molecule has 0 spiro atoms. The molecule has 0 saturated carbocycles. The van der Waals surface area contributed by atoms with E-state index in [1.54, 1.807) is 43.3 Å². The Bertz CT molecular complexity index is 1070. The fourth-order valence-electron chi connectivity index (χ4n) is 3.35. The molecular weight excluding hydrogens is 356 g/mol. The summed E-state index contributed by atoms with van der Waals surface area (Å²) in [6, 6.07) is 17.3. The summed E-state index contributed by atoms with van der Waals surface area (Å²) in [5.41, 5.74) is 7.65. The zero-order valence-electron chi connectivity index (χ0n) is 15.2. The summed E-state index contributed by atoms with van der Waals surface area (Å²) < 4.78 is 0. The third-order valence-corrected chi connectivity index (χ3v) is 4.65. The maximum Gasteiger partial charge on any atom is 0.337 e. The molecule has 7 heteroatoms. The summed E-state index contributed by atoms with van der Waals surface area (Å²) >= 11 is 0. The Morgan fingerprint density at radius 2 is 1.61 bits per heavy atom. The Morgan fingerprint density at radius 3 is 2.32 bits per heavy atom. The molecule has 0 aromatic heterocycles. The number of hydrogen-bond donors (Lipinski definition) is 3. The van der Waals surface area contributed by atoms with Crippen LogP contribution in [0.1, 0.15) is 27.6 Å². The molecule has 0 aliphatic carbocycles. The van der Waals surface area contributed by atoms with E-state index in [4.69, 9.17) is 0 Å². The van der Waals surface area contributed by atoms with Gasteiger partial charge < -0.3 is 5.32 Å². The van der Waals surface area contributed by atoms with Crippen molar-refractivity contribution < 1.29 is 14.4 Å². The van der Waals surface area contributed by atoms with Crippen molar-refractivity contribution in [1.82, 2.24) is 10.3 Å². The number of imide groups is 1. The number of hydrazine groups is 1. The molecule has 28 heavy (non-hydrogen) atoms. The summed E-state index contributed by atoms with van der Waals surface area (Å²) in [5.74, 6) is -0.616. The van der Waals surface area contributed by atoms with Crippen molar-refractivity contribution in [2.24, 2.45) is 0 Å². The van der Waals surface area contributed by atoms with Gasteiger partial charge in [0.05, 0.1) is 5.69 Å². The number of benzene rings is 3. The van der Waals surface area contributed by atoms with Gasteiger partial charge in [0.15, 0.2) is 0 Å². The van der Waals surface area contributed by atoms with Crippen molar-refractivity contribution >= 4 is 40.0 Å². The van der Waals surface area contributed by atoms with Gasteiger partial charge in [0.25, 0.3) is 11.8 Å². The quantitative estimate of drug-likeness (QED) is 0.481. The highest BCUT2D eigenvalue weighted by molar-refractivity contribution is 6.26. The van der Waals surface area contributed by atoms with Crippen LogP contribution in [0.25, 0.3) is 10.8 Å². The SMILES string of the molecule is CCN1C(=O)c2cccc3c(NNC(=O)Nc4ccccc4)ccc(c23)C1=O. The van der Waals surface area contributed by atoms with Crippen molar-refractivity contribution in [3.8, 4) is 0 Å². The third-order valence-electron chi connectivity index (χ3n) is 4.65. The van der Waals surface area contributed by atoms with Crippen LogP contribution in [0, 0.1) is 0 Å². The molecule has 1 aliphatic rings. The average molecular weight is 374 g/mol. The Labute approximate surface area is 161 Å². The number of carbonyl (C=O) groups is 3. The highest BCUT2D eigenvalue weighted by Crippen LogP contribution is 2.34. The fraction of sp³-hybridized carbons (Fsp3) is 0.0952. The van der Waals surface area contributed by atoms with Gasteiger partial charge in [-0.05, 0) is 37.3 Å². The van der Waals surface area contributed by atoms with Crippen molar-refractivity contribution in [1.29, 1.82) is 0 Å². The van der Waals surface area contributed by atoms with Gasteiger partial charge in [-0.15, -0.1) is 0 Å². The summed E-state index contributed by atoms with van der Waals surface area (Å²) in [6.07, 6.45) is 0. The Morgan fingerprint density at radius 1 is 0.893 bits per heavy atom. The van der Waals surface area contributed by atoms with Gasteiger partial charge in [-0.2, -0.15) is 0 Å². The molecular formula is C21H18N4O3. The van der Waals surface area contributed by atoms with Gasteiger partial charge in [-0.25, -0.2) is 4.79 Å². The topological polar surface area (TPSA) is 90.5 Å². The molecule has 1 heterocycles. The average Bonchev–Trinajstić information content (AvgIpc) is 2.71. The highest BCUT2D eigenvalue weighted by atomic mass is 16.2. The van der Waals surface area contributed by atoms with Gasteiger partial charge in [-0.1, -0.05) is 30.3 Å². The molecule has 0 saturated heterocycles. The minimum Gasteiger partial charge on any atom is -0.307 e. The van der Waals surface area contributed by atoms with E-state index in [-0.39, 0.29) is 11.8 Å². The molecule has 0 unspecified atom stereocenters. The van der Waals surface area contributed by atoms with Gasteiger partial charge in [0.2, 0.25) is 0 Å². The number of rotatable bonds is 4. The van der Waals surface area contributed by atoms with E-state index in [0.29, 0.717) is 39.8 Å². The van der Waals surface area contributed by atoms with E-state index >= 15 is 0 Å². The van der Waals surface area contributed by atoms with Crippen LogP contribution in [0.2, 0.25) is 0 Å². The van der Waals surface area contributed by atoms with E-state index in [9.17, 15) is 14.4 Å². The lowest BCUT2D eigenvalue weighted by Crippen LogP contribution is -2.40. The second-order valence-electron chi connectivity index (χ2n) is 6.31. The molecule has 0 bridgehead atoms. The minimum atomic E-state index is -0.434. The number of anilines is 2. The molecule has 0 radical (unpaired) electrons. The van der Waals surface area contributed by atoms with E-state index in [0.717, 1.165) is 0 Å². The zero-order valence-corrected chi connectivity index (χ0v) is 15.2. The lowest BCUT2D eigenvalue weighted by molar-refractivity contribution is 0.0619. The summed E-state index contributed by atoms with van der Waals surface area (Å²) in [6.45, 7) is 2.08. The maximum absolute atomic E-state index is 12.6. The van der Waals surface area contributed by atoms with Gasteiger partial charge >= 0.3 is 6.03 Å². The second kappa shape index (κ2) is 7.03. The van der Waals surface area contributed by atoms with E-state index in [2.05, 4.69) is 16.2 Å². The third kappa shape index (κ3) is 2.92. The first-order valence-corrected chi connectivity index (χ1v) is 8.90. The number of urea groups is 1. The second-order valence-corrected chi connectivity index (χ2v) is 6.31. The number of para-hydroxylation sites is 1. The first-order chi connectivity index (χ1) is 13.6. The zero-order chi connectivity index (χ0) is 19.7. The minimum absolute atomic E-state index is 0.308. The van der Waals surface area contributed by atoms with Crippen LogP contribution in [0.5, 0.6) is 0 Å². The molecule has 7 nitrogen and oxygen atoms in total. The molecule has 3 aromatic carbocycles. The van der Waals surface area contributed by atoms with Crippen molar-refractivity contribution in [3.05, 3.63) is 71.8 Å². The van der Waals surface area contributed by atoms with Crippen LogP contribution in [0.15, 0.2) is 60.7 Å². The van der Waals surface area contributed by atoms with E-state index in [1.807, 2.05) is 24.3 Å². The first-order valence-electron chi connectivity index (χ1n) is 8.90. The van der Waals surface area contributed by atoms with Gasteiger partial charge in [0.1, 0.15) is 0 Å². The summed E-state index contributed by atoms with van der Waals surface area (Å²) in [7, 11) is 0. The monoisotopic (exact) mass is 374 g/mol. The largest absolute Gasteiger partial charge is 0.337 e. The molecule has 4 rings (SSSR count). The van der Waals surface area contributed by atoms with E-state index < -0.39 is 6.03 Å². The van der Waals surface area contributed by atoms with Crippen molar-refractivity contribution in [2.45, 2.75) is 6.92 Å². The first kappa shape index (κ1) is 17.5. The molecule has 1 aliphatic heterocycles. The highest BCUT2D eigenvalue weighted by Gasteiger charge is 2.32. The number of carbonyl (C=O) groups excluding carboxylic acids is 3. The van der Waals surface area contributed by atoms with Crippen molar-refractivity contribution in [2.75, 3.05) is 17.3 Å². The molecule has 3 aromatic rings.